The highest BCUT2D eigenvalue weighted by Gasteiger charge is 2.30. The SMILES string of the molecule is O=C(NCc1cnc(-c2cc3c(Br)cccc3n2CC(F)(F)F)s1)OCc1ccccc1. The Labute approximate surface area is 194 Å². The number of alkyl halides is 3. The number of nitrogens with zero attached hydrogens (tertiary/aromatic N) is 2. The van der Waals surface area contributed by atoms with Crippen LogP contribution < -0.4 is 5.32 Å². The van der Waals surface area contributed by atoms with Crippen LogP contribution in [0.1, 0.15) is 10.4 Å². The molecule has 0 aliphatic carbocycles. The number of hydrogen-bond donors (Lipinski definition) is 1. The van der Waals surface area contributed by atoms with Crippen LogP contribution in [-0.4, -0.2) is 21.8 Å². The highest BCUT2D eigenvalue weighted by molar-refractivity contribution is 9.10. The van der Waals surface area contributed by atoms with Gasteiger partial charge in [-0.15, -0.1) is 11.3 Å². The van der Waals surface area contributed by atoms with Gasteiger partial charge in [-0.25, -0.2) is 9.78 Å². The Hall–Kier alpha value is -2.85. The molecule has 0 aliphatic heterocycles. The average molecular weight is 524 g/mol. The summed E-state index contributed by atoms with van der Waals surface area (Å²) in [4.78, 5) is 16.9. The fraction of sp³-hybridized carbons (Fsp3) is 0.182. The van der Waals surface area contributed by atoms with Gasteiger partial charge in [-0.3, -0.25) is 0 Å². The van der Waals surface area contributed by atoms with Gasteiger partial charge in [0, 0.05) is 20.9 Å². The summed E-state index contributed by atoms with van der Waals surface area (Å²) < 4.78 is 46.8. The van der Waals surface area contributed by atoms with Crippen LogP contribution in [0.25, 0.3) is 21.6 Å². The molecule has 4 rings (SSSR count). The molecule has 1 N–H and O–H groups in total. The Bertz CT molecular complexity index is 1240. The summed E-state index contributed by atoms with van der Waals surface area (Å²) in [7, 11) is 0. The second-order valence-corrected chi connectivity index (χ2v) is 8.92. The summed E-state index contributed by atoms with van der Waals surface area (Å²) in [6.07, 6.45) is -3.42. The summed E-state index contributed by atoms with van der Waals surface area (Å²) in [6, 6.07) is 16.1. The van der Waals surface area contributed by atoms with Crippen molar-refractivity contribution in [1.82, 2.24) is 14.9 Å². The van der Waals surface area contributed by atoms with Gasteiger partial charge in [-0.05, 0) is 23.8 Å². The maximum atomic E-state index is 13.2. The Balaban J connectivity index is 1.49. The minimum absolute atomic E-state index is 0.146. The lowest BCUT2D eigenvalue weighted by Gasteiger charge is -2.12. The van der Waals surface area contributed by atoms with E-state index >= 15 is 0 Å². The largest absolute Gasteiger partial charge is 0.445 e. The maximum absolute atomic E-state index is 13.2. The van der Waals surface area contributed by atoms with Crippen molar-refractivity contribution in [1.29, 1.82) is 0 Å². The lowest BCUT2D eigenvalue weighted by molar-refractivity contribution is -0.139. The molecule has 10 heteroatoms. The molecule has 1 amide bonds. The molecule has 2 aromatic heterocycles. The molecule has 5 nitrogen and oxygen atoms in total. The molecule has 166 valence electrons. The van der Waals surface area contributed by atoms with Gasteiger partial charge >= 0.3 is 12.3 Å². The standard InChI is InChI=1S/C22H17BrF3N3O2S/c23-17-7-4-8-18-16(17)9-19(29(18)13-22(24,25)26)20-27-10-15(32-20)11-28-21(30)31-12-14-5-2-1-3-6-14/h1-10H,11-13H2,(H,28,30). The monoisotopic (exact) mass is 523 g/mol. The van der Waals surface area contributed by atoms with Gasteiger partial charge in [0.25, 0.3) is 0 Å². The van der Waals surface area contributed by atoms with E-state index in [-0.39, 0.29) is 13.2 Å². The number of fused-ring (bicyclic) bond motifs is 1. The van der Waals surface area contributed by atoms with Crippen LogP contribution in [-0.2, 0) is 24.4 Å². The van der Waals surface area contributed by atoms with Gasteiger partial charge in [0.05, 0.1) is 17.8 Å². The van der Waals surface area contributed by atoms with E-state index in [1.807, 2.05) is 30.3 Å². The van der Waals surface area contributed by atoms with Crippen LogP contribution in [0, 0.1) is 0 Å². The summed E-state index contributed by atoms with van der Waals surface area (Å²) in [6.45, 7) is -0.817. The van der Waals surface area contributed by atoms with E-state index in [9.17, 15) is 18.0 Å². The van der Waals surface area contributed by atoms with E-state index in [4.69, 9.17) is 4.74 Å². The zero-order chi connectivity index (χ0) is 22.7. The summed E-state index contributed by atoms with van der Waals surface area (Å²) in [5, 5.41) is 3.75. The van der Waals surface area contributed by atoms with Gasteiger partial charge in [0.15, 0.2) is 0 Å². The minimum Gasteiger partial charge on any atom is -0.445 e. The third-order valence-corrected chi connectivity index (χ3v) is 6.33. The molecule has 0 radical (unpaired) electrons. The first-order valence-electron chi connectivity index (χ1n) is 9.54. The highest BCUT2D eigenvalue weighted by atomic mass is 79.9. The van der Waals surface area contributed by atoms with Crippen LogP contribution in [0.4, 0.5) is 18.0 Å². The van der Waals surface area contributed by atoms with Gasteiger partial charge in [0.1, 0.15) is 18.2 Å². The number of carbonyl (C=O) groups excluding carboxylic acids is 1. The molecule has 32 heavy (non-hydrogen) atoms. The van der Waals surface area contributed by atoms with Crippen molar-refractivity contribution in [2.75, 3.05) is 0 Å². The van der Waals surface area contributed by atoms with Gasteiger partial charge in [0.2, 0.25) is 0 Å². The van der Waals surface area contributed by atoms with Crippen molar-refractivity contribution >= 4 is 44.3 Å². The van der Waals surface area contributed by atoms with Gasteiger partial charge < -0.3 is 14.6 Å². The molecule has 0 spiro atoms. The Kier molecular flexibility index (Phi) is 6.52. The fourth-order valence-electron chi connectivity index (χ4n) is 3.22. The molecule has 0 saturated carbocycles. The molecule has 0 fully saturated rings. The normalized spacial score (nSPS) is 11.6. The molecule has 0 saturated heterocycles. The lowest BCUT2D eigenvalue weighted by Crippen LogP contribution is -2.23. The predicted octanol–water partition coefficient (Wildman–Crippen LogP) is 6.52. The molecule has 0 atom stereocenters. The van der Waals surface area contributed by atoms with Crippen molar-refractivity contribution < 1.29 is 22.7 Å². The third kappa shape index (κ3) is 5.31. The van der Waals surface area contributed by atoms with Crippen LogP contribution in [0.3, 0.4) is 0 Å². The topological polar surface area (TPSA) is 56.2 Å². The Morgan fingerprint density at radius 2 is 1.94 bits per heavy atom. The molecular weight excluding hydrogens is 507 g/mol. The molecule has 2 aromatic carbocycles. The van der Waals surface area contributed by atoms with Crippen molar-refractivity contribution in [2.24, 2.45) is 0 Å². The van der Waals surface area contributed by atoms with Gasteiger partial charge in [-0.2, -0.15) is 13.2 Å². The summed E-state index contributed by atoms with van der Waals surface area (Å²) in [5.74, 6) is 0. The van der Waals surface area contributed by atoms with E-state index in [2.05, 4.69) is 26.2 Å². The Morgan fingerprint density at radius 3 is 2.69 bits per heavy atom. The van der Waals surface area contributed by atoms with Crippen LogP contribution in [0.2, 0.25) is 0 Å². The number of hydrogen-bond acceptors (Lipinski definition) is 4. The predicted molar refractivity (Wildman–Crippen MR) is 120 cm³/mol. The molecule has 2 heterocycles. The van der Waals surface area contributed by atoms with Crippen molar-refractivity contribution in [2.45, 2.75) is 25.9 Å². The number of carbonyl (C=O) groups is 1. The van der Waals surface area contributed by atoms with Crippen molar-refractivity contribution in [3.8, 4) is 10.7 Å². The first kappa shape index (κ1) is 22.3. The molecular formula is C22H17BrF3N3O2S. The van der Waals surface area contributed by atoms with E-state index < -0.39 is 18.8 Å². The smallest absolute Gasteiger partial charge is 0.407 e. The summed E-state index contributed by atoms with van der Waals surface area (Å²) >= 11 is 4.62. The van der Waals surface area contributed by atoms with Crippen LogP contribution in [0.5, 0.6) is 0 Å². The second-order valence-electron chi connectivity index (χ2n) is 6.95. The third-order valence-electron chi connectivity index (χ3n) is 4.62. The molecule has 0 unspecified atom stereocenters. The van der Waals surface area contributed by atoms with E-state index in [1.54, 1.807) is 30.5 Å². The number of halogens is 4. The first-order chi connectivity index (χ1) is 15.3. The average Bonchev–Trinajstić information content (AvgIpc) is 3.36. The van der Waals surface area contributed by atoms with E-state index in [0.717, 1.165) is 5.56 Å². The Morgan fingerprint density at radius 1 is 1.16 bits per heavy atom. The number of alkyl carbamates (subject to hydrolysis) is 1. The second kappa shape index (κ2) is 9.33. The lowest BCUT2D eigenvalue weighted by atomic mass is 10.2. The fourth-order valence-corrected chi connectivity index (χ4v) is 4.56. The number of rotatable bonds is 6. The van der Waals surface area contributed by atoms with Crippen molar-refractivity contribution in [3.05, 3.63) is 75.7 Å². The first-order valence-corrected chi connectivity index (χ1v) is 11.2. The quantitative estimate of drug-likeness (QED) is 0.313. The number of amides is 1. The number of aromatic nitrogens is 2. The van der Waals surface area contributed by atoms with Crippen LogP contribution in [0.15, 0.2) is 65.3 Å². The van der Waals surface area contributed by atoms with E-state index in [0.29, 0.717) is 31.0 Å². The summed E-state index contributed by atoms with van der Waals surface area (Å²) in [5.41, 5.74) is 1.70. The highest BCUT2D eigenvalue weighted by Crippen LogP contribution is 2.36. The van der Waals surface area contributed by atoms with Crippen molar-refractivity contribution in [3.63, 3.8) is 0 Å². The number of benzene rings is 2. The minimum atomic E-state index is -4.38. The number of thiazole rings is 1. The van der Waals surface area contributed by atoms with Crippen LogP contribution >= 0.6 is 27.3 Å². The zero-order valence-corrected chi connectivity index (χ0v) is 18.9. The molecule has 4 aromatic rings. The van der Waals surface area contributed by atoms with Gasteiger partial charge in [-0.1, -0.05) is 52.3 Å². The number of nitrogens with one attached hydrogen (secondary N) is 1. The zero-order valence-electron chi connectivity index (χ0n) is 16.5. The number of ether oxygens (including phenoxy) is 1. The van der Waals surface area contributed by atoms with E-state index in [1.165, 1.54) is 15.9 Å². The maximum Gasteiger partial charge on any atom is 0.407 e. The molecule has 0 aliphatic rings. The molecule has 0 bridgehead atoms.